The highest BCUT2D eigenvalue weighted by Crippen LogP contribution is 2.65. The molecule has 4 atom stereocenters. The summed E-state index contributed by atoms with van der Waals surface area (Å²) in [7, 11) is 0. The third-order valence-corrected chi connectivity index (χ3v) is 12.7. The molecule has 2 heterocycles. The highest BCUT2D eigenvalue weighted by atomic mass is 16.5. The molecule has 4 unspecified atom stereocenters. The van der Waals surface area contributed by atoms with E-state index >= 15 is 0 Å². The number of allylic oxidation sites excluding steroid dienone is 7. The number of hydrogen-bond acceptors (Lipinski definition) is 4. The second-order valence-electron chi connectivity index (χ2n) is 15.8. The molecule has 6 aromatic carbocycles. The van der Waals surface area contributed by atoms with E-state index in [1.54, 1.807) is 0 Å². The molecule has 0 fully saturated rings. The Morgan fingerprint density at radius 2 is 1.28 bits per heavy atom. The van der Waals surface area contributed by atoms with Crippen LogP contribution in [0.25, 0.3) is 22.3 Å². The molecule has 11 rings (SSSR count). The smallest absolute Gasteiger partial charge is 0.155 e. The van der Waals surface area contributed by atoms with Gasteiger partial charge in [0, 0.05) is 35.0 Å². The van der Waals surface area contributed by atoms with Crippen LogP contribution >= 0.6 is 0 Å². The third-order valence-electron chi connectivity index (χ3n) is 12.7. The van der Waals surface area contributed by atoms with Gasteiger partial charge in [0.15, 0.2) is 5.84 Å². The highest BCUT2D eigenvalue weighted by Gasteiger charge is 2.58. The number of ether oxygens (including phenoxy) is 1. The van der Waals surface area contributed by atoms with Crippen molar-refractivity contribution in [3.05, 3.63) is 232 Å². The van der Waals surface area contributed by atoms with Gasteiger partial charge >= 0.3 is 0 Å². The van der Waals surface area contributed by atoms with Crippen molar-refractivity contribution in [3.8, 4) is 34.1 Å². The van der Waals surface area contributed by atoms with Gasteiger partial charge in [-0.1, -0.05) is 146 Å². The molecule has 0 aromatic heterocycles. The van der Waals surface area contributed by atoms with Gasteiger partial charge < -0.3 is 4.74 Å². The number of hydrogen-bond donors (Lipinski definition) is 0. The maximum atomic E-state index is 9.49. The van der Waals surface area contributed by atoms with Gasteiger partial charge in [-0.2, -0.15) is 5.26 Å². The standard InChI is InChI=1S/C54H39N3O/c55-34-35-19-21-36(22-20-35)41-27-29-44-43-15-7-8-16-45(43)54(47(44)31-41)46-17-9-10-18-51(46)58-52-30-28-42(32-48(52)54)37-23-25-39(26-24-37)50-33-49(38-11-3-1-4-12-38)56-53(57-50)40-13-5-2-6-14-40/h1-8,11-32,43,45,49H,9-10,33H2. The van der Waals surface area contributed by atoms with E-state index in [0.717, 1.165) is 75.7 Å². The van der Waals surface area contributed by atoms with Crippen molar-refractivity contribution < 1.29 is 4.74 Å². The number of aliphatic imine (C=N–C) groups is 2. The molecule has 4 heteroatoms. The topological polar surface area (TPSA) is 57.7 Å². The summed E-state index contributed by atoms with van der Waals surface area (Å²) in [6, 6.07) is 53.8. The summed E-state index contributed by atoms with van der Waals surface area (Å²) < 4.78 is 6.83. The first kappa shape index (κ1) is 34.2. The molecule has 0 N–H and O–H groups in total. The van der Waals surface area contributed by atoms with Crippen LogP contribution in [0.15, 0.2) is 203 Å². The summed E-state index contributed by atoms with van der Waals surface area (Å²) in [6.07, 6.45) is 16.6. The average Bonchev–Trinajstić information content (AvgIpc) is 3.59. The Morgan fingerprint density at radius 3 is 2.05 bits per heavy atom. The van der Waals surface area contributed by atoms with Crippen LogP contribution in [-0.2, 0) is 5.41 Å². The Morgan fingerprint density at radius 1 is 0.621 bits per heavy atom. The first-order valence-electron chi connectivity index (χ1n) is 20.3. The number of nitrogens with zero attached hydrogens (tertiary/aromatic N) is 3. The summed E-state index contributed by atoms with van der Waals surface area (Å²) >= 11 is 0. The number of nitriles is 1. The van der Waals surface area contributed by atoms with Crippen LogP contribution in [0.1, 0.15) is 70.2 Å². The zero-order valence-corrected chi connectivity index (χ0v) is 31.9. The first-order valence-corrected chi connectivity index (χ1v) is 20.3. The summed E-state index contributed by atoms with van der Waals surface area (Å²) in [6.45, 7) is 0. The Balaban J connectivity index is 1.02. The second-order valence-corrected chi connectivity index (χ2v) is 15.8. The summed E-state index contributed by atoms with van der Waals surface area (Å²) in [5.74, 6) is 3.08. The zero-order valence-electron chi connectivity index (χ0n) is 31.9. The molecular formula is C54H39N3O. The average molecular weight is 746 g/mol. The molecule has 0 saturated heterocycles. The van der Waals surface area contributed by atoms with Crippen LogP contribution < -0.4 is 4.74 Å². The molecular weight excluding hydrogens is 707 g/mol. The van der Waals surface area contributed by atoms with E-state index in [0.29, 0.717) is 5.56 Å². The Kier molecular flexibility index (Phi) is 8.15. The fourth-order valence-corrected chi connectivity index (χ4v) is 9.94. The van der Waals surface area contributed by atoms with Gasteiger partial charge in [0.2, 0.25) is 0 Å². The minimum atomic E-state index is -0.448. The molecule has 0 amide bonds. The first-order chi connectivity index (χ1) is 28.7. The molecule has 6 aromatic rings. The van der Waals surface area contributed by atoms with Gasteiger partial charge in [-0.3, -0.25) is 4.99 Å². The molecule has 276 valence electrons. The van der Waals surface area contributed by atoms with Crippen LogP contribution in [0.3, 0.4) is 0 Å². The molecule has 58 heavy (non-hydrogen) atoms. The van der Waals surface area contributed by atoms with Crippen LogP contribution in [-0.4, -0.2) is 11.5 Å². The lowest BCUT2D eigenvalue weighted by Crippen LogP contribution is -2.41. The number of benzene rings is 6. The predicted octanol–water partition coefficient (Wildman–Crippen LogP) is 12.4. The van der Waals surface area contributed by atoms with E-state index in [9.17, 15) is 5.26 Å². The van der Waals surface area contributed by atoms with Gasteiger partial charge in [-0.25, -0.2) is 4.99 Å². The van der Waals surface area contributed by atoms with E-state index in [1.165, 1.54) is 27.8 Å². The lowest BCUT2D eigenvalue weighted by atomic mass is 9.60. The monoisotopic (exact) mass is 745 g/mol. The van der Waals surface area contributed by atoms with E-state index < -0.39 is 5.41 Å². The van der Waals surface area contributed by atoms with Gasteiger partial charge in [-0.15, -0.1) is 0 Å². The Hall–Kier alpha value is -7.09. The molecule has 4 nitrogen and oxygen atoms in total. The lowest BCUT2D eigenvalue weighted by Gasteiger charge is -2.45. The van der Waals surface area contributed by atoms with Crippen molar-refractivity contribution >= 4 is 11.5 Å². The number of amidine groups is 1. The van der Waals surface area contributed by atoms with E-state index in [1.807, 2.05) is 30.3 Å². The minimum Gasteiger partial charge on any atom is -0.457 e. The quantitative estimate of drug-likeness (QED) is 0.176. The number of rotatable bonds is 5. The van der Waals surface area contributed by atoms with Crippen molar-refractivity contribution in [1.29, 1.82) is 5.26 Å². The van der Waals surface area contributed by atoms with Gasteiger partial charge in [0.25, 0.3) is 0 Å². The molecule has 3 aliphatic carbocycles. The molecule has 0 saturated carbocycles. The number of fused-ring (bicyclic) bond motifs is 9. The lowest BCUT2D eigenvalue weighted by molar-refractivity contribution is 0.333. The van der Waals surface area contributed by atoms with E-state index in [2.05, 4.69) is 158 Å². The van der Waals surface area contributed by atoms with Gasteiger partial charge in [0.1, 0.15) is 11.5 Å². The predicted molar refractivity (Wildman–Crippen MR) is 233 cm³/mol. The van der Waals surface area contributed by atoms with Crippen LogP contribution in [0, 0.1) is 17.2 Å². The zero-order chi connectivity index (χ0) is 38.6. The van der Waals surface area contributed by atoms with Gasteiger partial charge in [0.05, 0.1) is 28.8 Å². The largest absolute Gasteiger partial charge is 0.457 e. The fourth-order valence-electron chi connectivity index (χ4n) is 9.94. The van der Waals surface area contributed by atoms with Crippen molar-refractivity contribution in [2.24, 2.45) is 15.9 Å². The third kappa shape index (κ3) is 5.50. The summed E-state index contributed by atoms with van der Waals surface area (Å²) in [5.41, 5.74) is 14.3. The van der Waals surface area contributed by atoms with Crippen molar-refractivity contribution in [2.45, 2.75) is 36.6 Å². The molecule has 5 aliphatic rings. The fraction of sp³-hybridized carbons (Fsp3) is 0.130. The van der Waals surface area contributed by atoms with Crippen LogP contribution in [0.5, 0.6) is 5.75 Å². The SMILES string of the molecule is N#Cc1ccc(-c2ccc3c(c2)C2(C4=CCCC=C4Oc4ccc(-c5ccc(C6=NC(c7ccccc7)=NC(c7ccccc7)C6)cc5)cc42)C2C=CC=CC32)cc1. The molecule has 0 radical (unpaired) electrons. The second kappa shape index (κ2) is 13.8. The molecule has 1 spiro atoms. The minimum absolute atomic E-state index is 0.00678. The maximum absolute atomic E-state index is 9.49. The Labute approximate surface area is 339 Å². The van der Waals surface area contributed by atoms with Crippen molar-refractivity contribution in [1.82, 2.24) is 0 Å². The van der Waals surface area contributed by atoms with E-state index in [4.69, 9.17) is 14.7 Å². The van der Waals surface area contributed by atoms with Gasteiger partial charge in [-0.05, 0) is 93.8 Å². The normalized spacial score (nSPS) is 22.2. The van der Waals surface area contributed by atoms with E-state index in [-0.39, 0.29) is 17.9 Å². The molecule has 2 aliphatic heterocycles. The molecule has 0 bridgehead atoms. The van der Waals surface area contributed by atoms with Crippen molar-refractivity contribution in [2.75, 3.05) is 0 Å². The Bertz CT molecular complexity index is 2840. The summed E-state index contributed by atoms with van der Waals surface area (Å²) in [4.78, 5) is 10.3. The highest BCUT2D eigenvalue weighted by molar-refractivity contribution is 6.14. The van der Waals surface area contributed by atoms with Crippen molar-refractivity contribution in [3.63, 3.8) is 0 Å². The summed E-state index contributed by atoms with van der Waals surface area (Å²) in [5, 5.41) is 9.49. The maximum Gasteiger partial charge on any atom is 0.155 e. The van der Waals surface area contributed by atoms with Crippen LogP contribution in [0.4, 0.5) is 0 Å². The van der Waals surface area contributed by atoms with Crippen LogP contribution in [0.2, 0.25) is 0 Å².